The number of nitrogens with zero attached hydrogens (tertiary/aromatic N) is 2. The van der Waals surface area contributed by atoms with Crippen molar-refractivity contribution in [3.8, 4) is 6.07 Å². The van der Waals surface area contributed by atoms with Crippen molar-refractivity contribution in [2.24, 2.45) is 5.41 Å². The molecule has 3 aromatic rings. The summed E-state index contributed by atoms with van der Waals surface area (Å²) in [6.45, 7) is 2.47. The maximum Gasteiger partial charge on any atom is 0.328 e. The van der Waals surface area contributed by atoms with Crippen molar-refractivity contribution in [1.82, 2.24) is 9.88 Å². The van der Waals surface area contributed by atoms with E-state index >= 15 is 8.78 Å². The Bertz CT molecular complexity index is 1310. The summed E-state index contributed by atoms with van der Waals surface area (Å²) in [5.74, 6) is -2.67. The van der Waals surface area contributed by atoms with Crippen LogP contribution in [0.4, 0.5) is 8.78 Å². The summed E-state index contributed by atoms with van der Waals surface area (Å²) in [6, 6.07) is 11.8. The molecule has 2 atom stereocenters. The fourth-order valence-electron chi connectivity index (χ4n) is 5.00. The fourth-order valence-corrected chi connectivity index (χ4v) is 5.00. The number of H-pyrrole nitrogens is 1. The van der Waals surface area contributed by atoms with Crippen molar-refractivity contribution in [2.45, 2.75) is 38.3 Å². The Balaban J connectivity index is 1.68. The average molecular weight is 447 g/mol. The first kappa shape index (κ1) is 21.4. The lowest BCUT2D eigenvalue weighted by Gasteiger charge is -2.42. The second kappa shape index (κ2) is 7.82. The topological polar surface area (TPSA) is 80.1 Å². The lowest BCUT2D eigenvalue weighted by molar-refractivity contribution is -0.131. The van der Waals surface area contributed by atoms with Crippen molar-refractivity contribution < 1.29 is 18.7 Å². The highest BCUT2D eigenvalue weighted by atomic mass is 19.1. The van der Waals surface area contributed by atoms with Crippen LogP contribution in [0.5, 0.6) is 0 Å². The van der Waals surface area contributed by atoms with Gasteiger partial charge in [0.15, 0.2) is 0 Å². The number of hydrogen-bond donors (Lipinski definition) is 2. The molecule has 1 aliphatic heterocycles. The second-order valence-corrected chi connectivity index (χ2v) is 9.15. The standard InChI is InChI=1S/C26H23F2N3O2/c1-15-10-18-17-4-2-3-5-21(17)30-24(18)25(31(15)14-26(13-29)8-9-26)23-19(27)11-16(12-20(23)28)6-7-22(32)33/h2-7,11-12,15,25,30H,8-10,14H2,1H3,(H,32,33)/b7-6+/t15-,25-/m1/s1. The number of rotatable bonds is 5. The van der Waals surface area contributed by atoms with Crippen LogP contribution in [0.25, 0.3) is 17.0 Å². The van der Waals surface area contributed by atoms with E-state index in [-0.39, 0.29) is 17.2 Å². The summed E-state index contributed by atoms with van der Waals surface area (Å²) in [4.78, 5) is 16.3. The summed E-state index contributed by atoms with van der Waals surface area (Å²) in [6.07, 6.45) is 4.29. The third-order valence-electron chi connectivity index (χ3n) is 6.89. The van der Waals surface area contributed by atoms with E-state index in [2.05, 4.69) is 11.1 Å². The van der Waals surface area contributed by atoms with Gasteiger partial charge < -0.3 is 10.1 Å². The zero-order chi connectivity index (χ0) is 23.3. The van der Waals surface area contributed by atoms with Crippen LogP contribution in [-0.4, -0.2) is 33.5 Å². The van der Waals surface area contributed by atoms with Gasteiger partial charge in [-0.25, -0.2) is 13.6 Å². The van der Waals surface area contributed by atoms with Crippen molar-refractivity contribution >= 4 is 22.9 Å². The first-order chi connectivity index (χ1) is 15.8. The number of benzene rings is 2. The molecule has 2 N–H and O–H groups in total. The van der Waals surface area contributed by atoms with Gasteiger partial charge in [-0.3, -0.25) is 4.90 Å². The average Bonchev–Trinajstić information content (AvgIpc) is 3.47. The van der Waals surface area contributed by atoms with Gasteiger partial charge in [0.05, 0.1) is 17.5 Å². The lowest BCUT2D eigenvalue weighted by atomic mass is 9.86. The smallest absolute Gasteiger partial charge is 0.328 e. The molecule has 5 nitrogen and oxygen atoms in total. The van der Waals surface area contributed by atoms with Gasteiger partial charge in [0, 0.05) is 40.8 Å². The highest BCUT2D eigenvalue weighted by Crippen LogP contribution is 2.50. The lowest BCUT2D eigenvalue weighted by Crippen LogP contribution is -2.46. The van der Waals surface area contributed by atoms with E-state index in [1.807, 2.05) is 36.1 Å². The van der Waals surface area contributed by atoms with E-state index in [0.29, 0.717) is 13.0 Å². The number of carboxylic acid groups (broad SMARTS) is 1. The van der Waals surface area contributed by atoms with Crippen LogP contribution in [0.2, 0.25) is 0 Å². The maximum absolute atomic E-state index is 15.5. The van der Waals surface area contributed by atoms with Gasteiger partial charge in [0.2, 0.25) is 0 Å². The number of halogens is 2. The Morgan fingerprint density at radius 1 is 1.30 bits per heavy atom. The molecule has 1 saturated carbocycles. The van der Waals surface area contributed by atoms with Crippen LogP contribution in [-0.2, 0) is 11.2 Å². The molecule has 2 heterocycles. The molecular weight excluding hydrogens is 424 g/mol. The van der Waals surface area contributed by atoms with Crippen molar-refractivity contribution in [3.05, 3.63) is 76.5 Å². The van der Waals surface area contributed by atoms with Gasteiger partial charge in [0.1, 0.15) is 11.6 Å². The SMILES string of the molecule is C[C@@H]1Cc2c([nH]c3ccccc23)[C@@H](c2c(F)cc(/C=C/C(=O)O)cc2F)N1CC1(C#N)CC1. The number of aliphatic carboxylic acids is 1. The summed E-state index contributed by atoms with van der Waals surface area (Å²) < 4.78 is 30.9. The molecule has 0 bridgehead atoms. The highest BCUT2D eigenvalue weighted by Gasteiger charge is 2.49. The van der Waals surface area contributed by atoms with Gasteiger partial charge in [-0.05, 0) is 61.6 Å². The molecule has 5 rings (SSSR count). The number of carboxylic acids is 1. The Morgan fingerprint density at radius 2 is 2.00 bits per heavy atom. The quantitative estimate of drug-likeness (QED) is 0.528. The zero-order valence-electron chi connectivity index (χ0n) is 18.1. The Morgan fingerprint density at radius 3 is 2.64 bits per heavy atom. The van der Waals surface area contributed by atoms with Crippen LogP contribution in [0.3, 0.4) is 0 Å². The monoisotopic (exact) mass is 447 g/mol. The predicted octanol–water partition coefficient (Wildman–Crippen LogP) is 5.18. The molecular formula is C26H23F2N3O2. The van der Waals surface area contributed by atoms with Crippen molar-refractivity contribution in [2.75, 3.05) is 6.54 Å². The Labute approximate surface area is 189 Å². The molecule has 2 aromatic carbocycles. The molecule has 0 radical (unpaired) electrons. The number of carbonyl (C=O) groups is 1. The third-order valence-corrected chi connectivity index (χ3v) is 6.89. The van der Waals surface area contributed by atoms with Crippen LogP contribution >= 0.6 is 0 Å². The number of fused-ring (bicyclic) bond motifs is 3. The molecule has 2 aliphatic rings. The van der Waals surface area contributed by atoms with Gasteiger partial charge in [0.25, 0.3) is 0 Å². The van der Waals surface area contributed by atoms with Crippen LogP contribution < -0.4 is 0 Å². The van der Waals surface area contributed by atoms with E-state index in [1.165, 1.54) is 6.08 Å². The van der Waals surface area contributed by atoms with Gasteiger partial charge >= 0.3 is 5.97 Å². The molecule has 168 valence electrons. The summed E-state index contributed by atoms with van der Waals surface area (Å²) in [5.41, 5.74) is 2.26. The molecule has 0 saturated heterocycles. The summed E-state index contributed by atoms with van der Waals surface area (Å²) in [5, 5.41) is 19.6. The molecule has 33 heavy (non-hydrogen) atoms. The van der Waals surface area contributed by atoms with Gasteiger partial charge in [-0.2, -0.15) is 5.26 Å². The van der Waals surface area contributed by atoms with E-state index in [9.17, 15) is 10.1 Å². The van der Waals surface area contributed by atoms with Gasteiger partial charge in [-0.1, -0.05) is 18.2 Å². The number of nitriles is 1. The van der Waals surface area contributed by atoms with Crippen LogP contribution in [0, 0.1) is 28.4 Å². The first-order valence-corrected chi connectivity index (χ1v) is 11.0. The minimum absolute atomic E-state index is 0.0297. The van der Waals surface area contributed by atoms with E-state index < -0.39 is 29.1 Å². The molecule has 7 heteroatoms. The van der Waals surface area contributed by atoms with E-state index in [4.69, 9.17) is 5.11 Å². The minimum Gasteiger partial charge on any atom is -0.478 e. The minimum atomic E-state index is -1.19. The first-order valence-electron chi connectivity index (χ1n) is 11.0. The van der Waals surface area contributed by atoms with Gasteiger partial charge in [-0.15, -0.1) is 0 Å². The van der Waals surface area contributed by atoms with Crippen LogP contribution in [0.1, 0.15) is 48.2 Å². The number of aromatic nitrogens is 1. The molecule has 0 spiro atoms. The van der Waals surface area contributed by atoms with Crippen LogP contribution in [0.15, 0.2) is 42.5 Å². The van der Waals surface area contributed by atoms with E-state index in [1.54, 1.807) is 0 Å². The summed E-state index contributed by atoms with van der Waals surface area (Å²) in [7, 11) is 0. The van der Waals surface area contributed by atoms with Crippen molar-refractivity contribution in [1.29, 1.82) is 5.26 Å². The molecule has 1 aliphatic carbocycles. The third kappa shape index (κ3) is 3.70. The maximum atomic E-state index is 15.5. The molecule has 0 amide bonds. The number of hydrogen-bond acceptors (Lipinski definition) is 3. The Hall–Kier alpha value is -3.50. The predicted molar refractivity (Wildman–Crippen MR) is 120 cm³/mol. The second-order valence-electron chi connectivity index (χ2n) is 9.15. The number of aromatic amines is 1. The zero-order valence-corrected chi connectivity index (χ0v) is 18.1. The number of nitrogens with one attached hydrogen (secondary N) is 1. The fraction of sp³-hybridized carbons (Fsp3) is 0.308. The summed E-state index contributed by atoms with van der Waals surface area (Å²) >= 11 is 0. The number of para-hydroxylation sites is 1. The normalized spacial score (nSPS) is 21.8. The molecule has 1 fully saturated rings. The van der Waals surface area contributed by atoms with Crippen molar-refractivity contribution in [3.63, 3.8) is 0 Å². The highest BCUT2D eigenvalue weighted by molar-refractivity contribution is 5.86. The van der Waals surface area contributed by atoms with E-state index in [0.717, 1.165) is 53.2 Å². The largest absolute Gasteiger partial charge is 0.478 e. The molecule has 0 unspecified atom stereocenters. The Kier molecular flexibility index (Phi) is 5.06. The molecule has 1 aromatic heterocycles.